The van der Waals surface area contributed by atoms with Crippen molar-refractivity contribution in [2.75, 3.05) is 7.11 Å². The first kappa shape index (κ1) is 18.2. The quantitative estimate of drug-likeness (QED) is 0.271. The number of carbonyl (C=O) groups is 1. The second kappa shape index (κ2) is 7.71. The zero-order valence-corrected chi connectivity index (χ0v) is 15.2. The molecule has 2 unspecified atom stereocenters. The van der Waals surface area contributed by atoms with Crippen molar-refractivity contribution in [3.63, 3.8) is 0 Å². The molecule has 138 valence electrons. The van der Waals surface area contributed by atoms with E-state index in [2.05, 4.69) is 11.7 Å². The fourth-order valence-corrected chi connectivity index (χ4v) is 3.75. The molecule has 5 nitrogen and oxygen atoms in total. The molecule has 0 radical (unpaired) electrons. The maximum absolute atomic E-state index is 11.5. The molecule has 3 rings (SSSR count). The topological polar surface area (TPSA) is 63.9 Å². The Bertz CT molecular complexity index is 429. The number of ether oxygens (including phenoxy) is 4. The Morgan fingerprint density at radius 3 is 2.00 bits per heavy atom. The minimum Gasteiger partial charge on any atom is -0.465 e. The van der Waals surface area contributed by atoms with E-state index in [0.717, 1.165) is 6.42 Å². The van der Waals surface area contributed by atoms with Crippen molar-refractivity contribution in [3.05, 3.63) is 0 Å². The molecule has 0 aromatic heterocycles. The smallest absolute Gasteiger partial charge is 0.373 e. The highest BCUT2D eigenvalue weighted by atomic mass is 17.1. The number of rotatable bonds is 14. The summed E-state index contributed by atoms with van der Waals surface area (Å²) in [6, 6.07) is 0. The lowest BCUT2D eigenvalue weighted by atomic mass is 10.0. The molecular formula is C19H32O5. The number of fused-ring (bicyclic) bond motifs is 1. The predicted octanol–water partition coefficient (Wildman–Crippen LogP) is 4.08. The summed E-state index contributed by atoms with van der Waals surface area (Å²) in [6.07, 6.45) is 16.0. The zero-order chi connectivity index (χ0) is 17.0. The van der Waals surface area contributed by atoms with Crippen molar-refractivity contribution in [1.82, 2.24) is 0 Å². The highest BCUT2D eigenvalue weighted by molar-refractivity contribution is 5.86. The van der Waals surface area contributed by atoms with Gasteiger partial charge >= 0.3 is 11.8 Å². The third-order valence-corrected chi connectivity index (χ3v) is 5.47. The molecule has 0 bridgehead atoms. The fourth-order valence-electron chi connectivity index (χ4n) is 3.75. The molecule has 0 aromatic carbocycles. The summed E-state index contributed by atoms with van der Waals surface area (Å²) in [4.78, 5) is 11.5. The standard InChI is InChI=1S/C19H32O5/c1-3-4-5-6-7-8-9-10-11-12-13-14-15-16(22-15)18-19(23-18,24-18)17(20)21-2/h15-16H,3-14H2,1-2H3. The first-order valence-corrected chi connectivity index (χ1v) is 9.84. The maximum atomic E-state index is 11.5. The number of hydrogen-bond acceptors (Lipinski definition) is 5. The van der Waals surface area contributed by atoms with Gasteiger partial charge < -0.3 is 9.47 Å². The summed E-state index contributed by atoms with van der Waals surface area (Å²) in [7, 11) is 1.35. The number of epoxide rings is 3. The summed E-state index contributed by atoms with van der Waals surface area (Å²) in [5.74, 6) is -2.34. The van der Waals surface area contributed by atoms with Gasteiger partial charge in [0.1, 0.15) is 6.10 Å². The minimum absolute atomic E-state index is 0.0697. The second-order valence-electron chi connectivity index (χ2n) is 7.40. The van der Waals surface area contributed by atoms with Gasteiger partial charge in [-0.2, -0.15) is 0 Å². The average molecular weight is 340 g/mol. The van der Waals surface area contributed by atoms with Gasteiger partial charge in [0, 0.05) is 0 Å². The fraction of sp³-hybridized carbons (Fsp3) is 0.947. The Balaban J connectivity index is 1.13. The van der Waals surface area contributed by atoms with Gasteiger partial charge in [0.25, 0.3) is 5.79 Å². The molecule has 3 fully saturated rings. The summed E-state index contributed by atoms with van der Waals surface area (Å²) >= 11 is 0. The number of hydrogen-bond donors (Lipinski definition) is 0. The van der Waals surface area contributed by atoms with Crippen LogP contribution in [0.3, 0.4) is 0 Å². The molecule has 3 aliphatic rings. The molecule has 0 spiro atoms. The van der Waals surface area contributed by atoms with Gasteiger partial charge in [-0.1, -0.05) is 77.6 Å². The number of unbranched alkanes of at least 4 members (excludes halogenated alkanes) is 10. The first-order chi connectivity index (χ1) is 11.7. The Hall–Kier alpha value is -0.650. The highest BCUT2D eigenvalue weighted by Gasteiger charge is 3.02. The van der Waals surface area contributed by atoms with Crippen LogP contribution in [0.1, 0.15) is 84.0 Å². The van der Waals surface area contributed by atoms with Crippen molar-refractivity contribution in [1.29, 1.82) is 0 Å². The van der Waals surface area contributed by atoms with Gasteiger partial charge in [0.05, 0.1) is 13.2 Å². The summed E-state index contributed by atoms with van der Waals surface area (Å²) in [5.41, 5.74) is 0. The van der Waals surface area contributed by atoms with E-state index in [4.69, 9.17) is 14.2 Å². The molecule has 3 aliphatic heterocycles. The van der Waals surface area contributed by atoms with Crippen molar-refractivity contribution in [2.45, 2.75) is 108 Å². The van der Waals surface area contributed by atoms with Crippen LogP contribution in [0.25, 0.3) is 0 Å². The maximum Gasteiger partial charge on any atom is 0.373 e. The van der Waals surface area contributed by atoms with Gasteiger partial charge in [-0.25, -0.2) is 4.79 Å². The van der Waals surface area contributed by atoms with Crippen LogP contribution in [-0.2, 0) is 23.7 Å². The molecule has 24 heavy (non-hydrogen) atoms. The van der Waals surface area contributed by atoms with E-state index in [1.807, 2.05) is 0 Å². The molecule has 3 heterocycles. The number of esters is 1. The number of carbonyl (C=O) groups excluding carboxylic acids is 1. The van der Waals surface area contributed by atoms with E-state index >= 15 is 0 Å². The summed E-state index contributed by atoms with van der Waals surface area (Å²) in [5, 5.41) is 0. The van der Waals surface area contributed by atoms with Crippen LogP contribution in [0.2, 0.25) is 0 Å². The van der Waals surface area contributed by atoms with Crippen LogP contribution in [0.4, 0.5) is 0 Å². The minimum atomic E-state index is -1.11. The average Bonchev–Trinajstić information content (AvgIpc) is 3.45. The SMILES string of the molecule is CCCCCCCCCCCCCC1OC1C12OC1(C(=O)OC)O2. The van der Waals surface area contributed by atoms with Crippen LogP contribution >= 0.6 is 0 Å². The molecule has 0 saturated carbocycles. The molecule has 0 aromatic rings. The molecule has 3 saturated heterocycles. The van der Waals surface area contributed by atoms with E-state index in [0.29, 0.717) is 0 Å². The molecule has 0 aliphatic carbocycles. The predicted molar refractivity (Wildman–Crippen MR) is 89.4 cm³/mol. The van der Waals surface area contributed by atoms with Crippen molar-refractivity contribution in [3.8, 4) is 0 Å². The van der Waals surface area contributed by atoms with Gasteiger partial charge in [-0.15, -0.1) is 0 Å². The van der Waals surface area contributed by atoms with Gasteiger partial charge in [0.2, 0.25) is 0 Å². The number of methoxy groups -OCH3 is 1. The van der Waals surface area contributed by atoms with E-state index in [9.17, 15) is 4.79 Å². The van der Waals surface area contributed by atoms with E-state index in [1.54, 1.807) is 0 Å². The van der Waals surface area contributed by atoms with Gasteiger partial charge in [-0.05, 0) is 6.42 Å². The Morgan fingerprint density at radius 1 is 0.917 bits per heavy atom. The van der Waals surface area contributed by atoms with Crippen LogP contribution in [-0.4, -0.2) is 36.9 Å². The molecular weight excluding hydrogens is 308 g/mol. The first-order valence-electron chi connectivity index (χ1n) is 9.84. The van der Waals surface area contributed by atoms with Crippen LogP contribution in [0.15, 0.2) is 0 Å². The summed E-state index contributed by atoms with van der Waals surface area (Å²) in [6.45, 7) is 2.26. The summed E-state index contributed by atoms with van der Waals surface area (Å²) < 4.78 is 21.1. The van der Waals surface area contributed by atoms with E-state index < -0.39 is 17.5 Å². The van der Waals surface area contributed by atoms with Crippen LogP contribution in [0.5, 0.6) is 0 Å². The normalized spacial score (nSPS) is 35.4. The molecule has 5 heteroatoms. The Kier molecular flexibility index (Phi) is 5.83. The Morgan fingerprint density at radius 2 is 1.46 bits per heavy atom. The third kappa shape index (κ3) is 3.63. The van der Waals surface area contributed by atoms with Crippen molar-refractivity contribution in [2.24, 2.45) is 0 Å². The second-order valence-corrected chi connectivity index (χ2v) is 7.40. The van der Waals surface area contributed by atoms with Gasteiger partial charge in [-0.3, -0.25) is 9.47 Å². The third-order valence-electron chi connectivity index (χ3n) is 5.47. The largest absolute Gasteiger partial charge is 0.465 e. The van der Waals surface area contributed by atoms with Crippen LogP contribution < -0.4 is 0 Å². The zero-order valence-electron chi connectivity index (χ0n) is 15.2. The molecule has 2 atom stereocenters. The van der Waals surface area contributed by atoms with E-state index in [-0.39, 0.29) is 12.2 Å². The van der Waals surface area contributed by atoms with Crippen molar-refractivity contribution < 1.29 is 23.7 Å². The lowest BCUT2D eigenvalue weighted by Crippen LogP contribution is -2.16. The Labute approximate surface area is 145 Å². The van der Waals surface area contributed by atoms with E-state index in [1.165, 1.54) is 77.7 Å². The molecule has 0 N–H and O–H groups in total. The monoisotopic (exact) mass is 340 g/mol. The van der Waals surface area contributed by atoms with Crippen LogP contribution in [0, 0.1) is 0 Å². The van der Waals surface area contributed by atoms with Crippen molar-refractivity contribution >= 4 is 5.97 Å². The lowest BCUT2D eigenvalue weighted by Gasteiger charge is -2.02. The van der Waals surface area contributed by atoms with Gasteiger partial charge in [0.15, 0.2) is 0 Å². The molecule has 0 amide bonds. The lowest BCUT2D eigenvalue weighted by molar-refractivity contribution is -0.170. The highest BCUT2D eigenvalue weighted by Crippen LogP contribution is 2.73.